The summed E-state index contributed by atoms with van der Waals surface area (Å²) in [5.41, 5.74) is 0. The average molecular weight is 1070 g/mol. The van der Waals surface area contributed by atoms with Gasteiger partial charge in [0.15, 0.2) is 0 Å². The summed E-state index contributed by atoms with van der Waals surface area (Å²) in [5.74, 6) is -0.596. The van der Waals surface area contributed by atoms with Gasteiger partial charge in [0.1, 0.15) is 12.2 Å². The molecule has 0 heterocycles. The topological polar surface area (TPSA) is 110 Å². The fourth-order valence-electron chi connectivity index (χ4n) is 10.4. The van der Waals surface area contributed by atoms with E-state index in [1.807, 2.05) is 0 Å². The highest BCUT2D eigenvalue weighted by Crippen LogP contribution is 2.18. The van der Waals surface area contributed by atoms with Crippen LogP contribution in [0.5, 0.6) is 0 Å². The van der Waals surface area contributed by atoms with Gasteiger partial charge < -0.3 is 25.7 Å². The maximum atomic E-state index is 12.6. The lowest BCUT2D eigenvalue weighted by Gasteiger charge is -2.27. The van der Waals surface area contributed by atoms with Crippen molar-refractivity contribution in [1.29, 1.82) is 0 Å². The Morgan fingerprint density at radius 3 is 0.908 bits per heavy atom. The van der Waals surface area contributed by atoms with Gasteiger partial charge in [-0.15, -0.1) is 0 Å². The van der Waals surface area contributed by atoms with Crippen LogP contribution in [0, 0.1) is 0 Å². The van der Waals surface area contributed by atoms with E-state index in [1.165, 1.54) is 257 Å². The van der Waals surface area contributed by atoms with Gasteiger partial charge in [-0.25, -0.2) is 0 Å². The van der Waals surface area contributed by atoms with Gasteiger partial charge in [-0.1, -0.05) is 312 Å². The number of hydrogen-bond donors (Lipinski definition) is 5. The first-order chi connectivity index (χ1) is 37.5. The van der Waals surface area contributed by atoms with E-state index in [2.05, 4.69) is 79.9 Å². The Labute approximate surface area is 473 Å². The Morgan fingerprint density at radius 2 is 0.592 bits per heavy atom. The second-order valence-corrected chi connectivity index (χ2v) is 23.1. The summed E-state index contributed by atoms with van der Waals surface area (Å²) >= 11 is 0. The molecule has 0 aromatic carbocycles. The van der Waals surface area contributed by atoms with Gasteiger partial charge in [0.25, 0.3) is 0 Å². The molecule has 0 saturated carbocycles. The van der Waals surface area contributed by atoms with Crippen molar-refractivity contribution in [2.45, 2.75) is 372 Å². The van der Waals surface area contributed by atoms with Gasteiger partial charge >= 0.3 is 0 Å². The largest absolute Gasteiger partial charge is 0.394 e. The molecule has 0 fully saturated rings. The zero-order valence-electron chi connectivity index (χ0n) is 50.8. The zero-order chi connectivity index (χ0) is 55.1. The van der Waals surface area contributed by atoms with Crippen LogP contribution in [-0.2, 0) is 4.79 Å². The standard InChI is InChI=1S/C70H131NO5/c1-3-5-7-9-11-13-15-17-19-21-23-25-27-29-31-33-34-35-36-38-40-42-44-46-48-50-52-54-56-58-60-62-64-68(74)70(76)71-66(65-72)69(75)67(73)63-61-59-57-55-53-51-49-47-45-43-41-39-37-32-30-28-26-24-22-20-18-16-14-12-10-8-6-4-2/h23,25,29,31,39,41,47,49,55,57,66-69,72-75H,3-22,24,26-28,30,32-38,40,42-46,48,50-54,56,58-65H2,1-2H3,(H,71,76)/b25-23-,31-29-,41-39+,49-47+,57-55+. The van der Waals surface area contributed by atoms with E-state index in [4.69, 9.17) is 0 Å². The quantitative estimate of drug-likeness (QED) is 0.0308. The molecule has 0 aromatic heterocycles. The zero-order valence-corrected chi connectivity index (χ0v) is 50.8. The summed E-state index contributed by atoms with van der Waals surface area (Å²) in [4.78, 5) is 12.6. The number of carbonyl (C=O) groups is 1. The second kappa shape index (κ2) is 63.8. The van der Waals surface area contributed by atoms with E-state index in [9.17, 15) is 25.2 Å². The van der Waals surface area contributed by atoms with E-state index in [0.29, 0.717) is 19.3 Å². The van der Waals surface area contributed by atoms with Crippen LogP contribution in [0.2, 0.25) is 0 Å². The summed E-state index contributed by atoms with van der Waals surface area (Å²) < 4.78 is 0. The lowest BCUT2D eigenvalue weighted by Crippen LogP contribution is -2.53. The first-order valence-corrected chi connectivity index (χ1v) is 33.7. The van der Waals surface area contributed by atoms with Crippen LogP contribution in [0.3, 0.4) is 0 Å². The number of aliphatic hydroxyl groups is 4. The molecule has 446 valence electrons. The molecule has 0 spiro atoms. The first-order valence-electron chi connectivity index (χ1n) is 33.7. The predicted octanol–water partition coefficient (Wildman–Crippen LogP) is 20.7. The number of nitrogens with one attached hydrogen (secondary N) is 1. The maximum absolute atomic E-state index is 12.6. The summed E-state index contributed by atoms with van der Waals surface area (Å²) in [6.07, 6.45) is 84.8. The first kappa shape index (κ1) is 74.0. The minimum Gasteiger partial charge on any atom is -0.394 e. The molecule has 76 heavy (non-hydrogen) atoms. The molecule has 6 nitrogen and oxygen atoms in total. The third-order valence-corrected chi connectivity index (χ3v) is 15.7. The summed E-state index contributed by atoms with van der Waals surface area (Å²) in [6.45, 7) is 4.08. The lowest BCUT2D eigenvalue weighted by atomic mass is 10.00. The molecule has 0 radical (unpaired) electrons. The van der Waals surface area contributed by atoms with E-state index in [0.717, 1.165) is 57.8 Å². The Kier molecular flexibility index (Phi) is 62.2. The van der Waals surface area contributed by atoms with E-state index >= 15 is 0 Å². The highest BCUT2D eigenvalue weighted by atomic mass is 16.3. The number of amides is 1. The summed E-state index contributed by atoms with van der Waals surface area (Å²) in [6, 6.07) is -1.02. The van der Waals surface area contributed by atoms with Gasteiger partial charge in [-0.2, -0.15) is 0 Å². The van der Waals surface area contributed by atoms with Crippen molar-refractivity contribution < 1.29 is 25.2 Å². The van der Waals surface area contributed by atoms with Crippen molar-refractivity contribution in [3.05, 3.63) is 60.8 Å². The number of rotatable bonds is 62. The normalized spacial score (nSPS) is 13.9. The van der Waals surface area contributed by atoms with Crippen molar-refractivity contribution in [3.8, 4) is 0 Å². The number of hydrogen-bond acceptors (Lipinski definition) is 5. The lowest BCUT2D eigenvalue weighted by molar-refractivity contribution is -0.132. The van der Waals surface area contributed by atoms with Crippen molar-refractivity contribution in [3.63, 3.8) is 0 Å². The highest BCUT2D eigenvalue weighted by Gasteiger charge is 2.28. The third-order valence-electron chi connectivity index (χ3n) is 15.7. The van der Waals surface area contributed by atoms with Crippen LogP contribution in [-0.4, -0.2) is 57.3 Å². The molecule has 0 saturated heterocycles. The fourth-order valence-corrected chi connectivity index (χ4v) is 10.4. The van der Waals surface area contributed by atoms with E-state index in [-0.39, 0.29) is 0 Å². The Hall–Kier alpha value is -1.99. The number of unbranched alkanes of at least 4 members (excludes halogenated alkanes) is 43. The smallest absolute Gasteiger partial charge is 0.249 e. The Balaban J connectivity index is 3.64. The molecule has 0 bridgehead atoms. The van der Waals surface area contributed by atoms with Crippen molar-refractivity contribution in [2.75, 3.05) is 6.61 Å². The summed E-state index contributed by atoms with van der Waals surface area (Å²) in [5, 5.41) is 44.1. The van der Waals surface area contributed by atoms with Crippen molar-refractivity contribution >= 4 is 5.91 Å². The van der Waals surface area contributed by atoms with Crippen molar-refractivity contribution in [2.24, 2.45) is 0 Å². The number of allylic oxidation sites excluding steroid dienone is 10. The Bertz CT molecular complexity index is 1290. The monoisotopic (exact) mass is 1070 g/mol. The maximum Gasteiger partial charge on any atom is 0.249 e. The second-order valence-electron chi connectivity index (χ2n) is 23.1. The molecule has 0 aromatic rings. The molecule has 1 amide bonds. The third kappa shape index (κ3) is 56.7. The molecule has 0 aliphatic carbocycles. The molecule has 0 aliphatic heterocycles. The van der Waals surface area contributed by atoms with Gasteiger partial charge in [0.2, 0.25) is 5.91 Å². The average Bonchev–Trinajstić information content (AvgIpc) is 3.42. The SMILES string of the molecule is CCCCCCCCCCC/C=C\C/C=C\CCCCCCCCCCCCCCCCCCC(O)C(=O)NC(CO)C(O)C(O)CCC/C=C/CC/C=C/CC/C=C/CCCCCCCCCCCCCCCCC. The fraction of sp³-hybridized carbons (Fsp3) is 0.843. The molecule has 4 atom stereocenters. The van der Waals surface area contributed by atoms with Gasteiger partial charge in [-0.3, -0.25) is 4.79 Å². The molecule has 6 heteroatoms. The van der Waals surface area contributed by atoms with Gasteiger partial charge in [0, 0.05) is 0 Å². The highest BCUT2D eigenvalue weighted by molar-refractivity contribution is 5.80. The van der Waals surface area contributed by atoms with Crippen LogP contribution in [0.1, 0.15) is 348 Å². The Morgan fingerprint density at radius 1 is 0.329 bits per heavy atom. The number of carbonyl (C=O) groups excluding carboxylic acids is 1. The predicted molar refractivity (Wildman–Crippen MR) is 334 cm³/mol. The van der Waals surface area contributed by atoms with Gasteiger partial charge in [-0.05, 0) is 96.3 Å². The molecular formula is C70H131NO5. The minimum atomic E-state index is -1.30. The van der Waals surface area contributed by atoms with Crippen LogP contribution in [0.4, 0.5) is 0 Å². The molecule has 0 rings (SSSR count). The van der Waals surface area contributed by atoms with Crippen LogP contribution in [0.25, 0.3) is 0 Å². The van der Waals surface area contributed by atoms with Crippen molar-refractivity contribution in [1.82, 2.24) is 5.32 Å². The summed E-state index contributed by atoms with van der Waals surface area (Å²) in [7, 11) is 0. The van der Waals surface area contributed by atoms with Gasteiger partial charge in [0.05, 0.1) is 18.8 Å². The molecular weight excluding hydrogens is 935 g/mol. The van der Waals surface area contributed by atoms with E-state index < -0.39 is 36.9 Å². The molecule has 4 unspecified atom stereocenters. The minimum absolute atomic E-state index is 0.358. The van der Waals surface area contributed by atoms with Crippen LogP contribution in [0.15, 0.2) is 60.8 Å². The number of aliphatic hydroxyl groups excluding tert-OH is 4. The molecule has 5 N–H and O–H groups in total. The van der Waals surface area contributed by atoms with Crippen LogP contribution >= 0.6 is 0 Å². The van der Waals surface area contributed by atoms with E-state index in [1.54, 1.807) is 0 Å². The van der Waals surface area contributed by atoms with Crippen LogP contribution < -0.4 is 5.32 Å². The molecule has 0 aliphatic rings.